The molecule has 1 aliphatic rings. The van der Waals surface area contributed by atoms with Crippen molar-refractivity contribution in [3.63, 3.8) is 0 Å². The number of rotatable bonds is 8. The van der Waals surface area contributed by atoms with Gasteiger partial charge >= 0.3 is 5.97 Å². The maximum Gasteiger partial charge on any atom is 0.308 e. The zero-order valence-electron chi connectivity index (χ0n) is 12.8. The Labute approximate surface area is 125 Å². The smallest absolute Gasteiger partial charge is 0.308 e. The highest BCUT2D eigenvalue weighted by atomic mass is 16.7. The number of nitrogens with zero attached hydrogens (tertiary/aromatic N) is 1. The summed E-state index contributed by atoms with van der Waals surface area (Å²) in [6.07, 6.45) is 2.31. The molecule has 6 nitrogen and oxygen atoms in total. The molecule has 2 unspecified atom stereocenters. The molecule has 2 atom stereocenters. The van der Waals surface area contributed by atoms with Gasteiger partial charge in [0.2, 0.25) is 5.91 Å². The minimum Gasteiger partial charge on any atom is -0.481 e. The van der Waals surface area contributed by atoms with Crippen LogP contribution in [0.1, 0.15) is 33.1 Å². The van der Waals surface area contributed by atoms with Crippen molar-refractivity contribution in [2.45, 2.75) is 33.1 Å². The van der Waals surface area contributed by atoms with Crippen LogP contribution in [0.2, 0.25) is 0 Å². The summed E-state index contributed by atoms with van der Waals surface area (Å²) in [5, 5.41) is 9.31. The lowest BCUT2D eigenvalue weighted by molar-refractivity contribution is -0.148. The summed E-state index contributed by atoms with van der Waals surface area (Å²) in [5.41, 5.74) is 0. The lowest BCUT2D eigenvalue weighted by atomic mass is 9.82. The van der Waals surface area contributed by atoms with E-state index in [4.69, 9.17) is 9.47 Å². The number of likely N-dealkylation sites (tertiary alicyclic amines) is 1. The van der Waals surface area contributed by atoms with Gasteiger partial charge in [0.25, 0.3) is 0 Å². The van der Waals surface area contributed by atoms with Crippen LogP contribution in [0.5, 0.6) is 0 Å². The van der Waals surface area contributed by atoms with Crippen molar-refractivity contribution in [2.75, 3.05) is 26.5 Å². The number of hydrogen-bond donors (Lipinski definition) is 1. The fraction of sp³-hybridized carbons (Fsp3) is 0.733. The minimum absolute atomic E-state index is 0.0556. The Bertz CT molecular complexity index is 382. The minimum atomic E-state index is -0.822. The quantitative estimate of drug-likeness (QED) is 0.420. The second kappa shape index (κ2) is 8.67. The molecule has 1 rings (SSSR count). The second-order valence-corrected chi connectivity index (χ2v) is 5.47. The molecule has 0 saturated carbocycles. The van der Waals surface area contributed by atoms with E-state index in [0.29, 0.717) is 25.5 Å². The molecule has 0 bridgehead atoms. The van der Waals surface area contributed by atoms with Gasteiger partial charge in [-0.05, 0) is 32.1 Å². The summed E-state index contributed by atoms with van der Waals surface area (Å²) in [7, 11) is 0. The number of carbonyl (C=O) groups excluding carboxylic acids is 1. The van der Waals surface area contributed by atoms with Crippen LogP contribution in [0.25, 0.3) is 0 Å². The zero-order chi connectivity index (χ0) is 15.8. The predicted octanol–water partition coefficient (Wildman–Crippen LogP) is 1.86. The van der Waals surface area contributed by atoms with Crippen LogP contribution in [0, 0.1) is 11.8 Å². The second-order valence-electron chi connectivity index (χ2n) is 5.47. The normalized spacial score (nSPS) is 21.9. The first-order chi connectivity index (χ1) is 9.91. The lowest BCUT2D eigenvalue weighted by Gasteiger charge is -2.36. The number of carboxylic acid groups (broad SMARTS) is 1. The highest BCUT2D eigenvalue weighted by Crippen LogP contribution is 2.28. The maximum absolute atomic E-state index is 11.4. The average molecular weight is 299 g/mol. The molecule has 6 heteroatoms. The Morgan fingerprint density at radius 1 is 1.38 bits per heavy atom. The number of carbonyl (C=O) groups is 2. The highest BCUT2D eigenvalue weighted by molar-refractivity contribution is 5.76. The molecule has 0 aromatic carbocycles. The van der Waals surface area contributed by atoms with Crippen molar-refractivity contribution < 1.29 is 24.2 Å². The fourth-order valence-corrected chi connectivity index (χ4v) is 2.56. The number of hydrogen-bond acceptors (Lipinski definition) is 4. The van der Waals surface area contributed by atoms with Gasteiger partial charge in [0.15, 0.2) is 6.79 Å². The Balaban J connectivity index is 2.31. The average Bonchev–Trinajstić information content (AvgIpc) is 2.42. The third-order valence-electron chi connectivity index (χ3n) is 3.77. The van der Waals surface area contributed by atoms with Crippen LogP contribution >= 0.6 is 0 Å². The Morgan fingerprint density at radius 3 is 2.67 bits per heavy atom. The van der Waals surface area contributed by atoms with E-state index in [0.717, 1.165) is 19.3 Å². The molecule has 0 spiro atoms. The van der Waals surface area contributed by atoms with Crippen molar-refractivity contribution in [1.29, 1.82) is 0 Å². The topological polar surface area (TPSA) is 76.1 Å². The van der Waals surface area contributed by atoms with E-state index < -0.39 is 11.9 Å². The first kappa shape index (κ1) is 17.5. The molecule has 1 aliphatic heterocycles. The van der Waals surface area contributed by atoms with Crippen molar-refractivity contribution in [3.8, 4) is 0 Å². The van der Waals surface area contributed by atoms with Gasteiger partial charge in [-0.1, -0.05) is 6.58 Å². The van der Waals surface area contributed by atoms with Gasteiger partial charge < -0.3 is 19.5 Å². The van der Waals surface area contributed by atoms with E-state index in [1.54, 1.807) is 11.8 Å². The standard InChI is InChI=1S/C15H25NO5/c1-11(2)21-10-20-8-4-5-13-6-7-16(12(3)17)9-14(13)15(18)19/h13-14H,1,4-10H2,2-3H3,(H,18,19). The molecule has 120 valence electrons. The van der Waals surface area contributed by atoms with Crippen LogP contribution in [0.4, 0.5) is 0 Å². The van der Waals surface area contributed by atoms with E-state index in [2.05, 4.69) is 6.58 Å². The molecule has 0 aromatic rings. The monoisotopic (exact) mass is 299 g/mol. The number of piperidine rings is 1. The maximum atomic E-state index is 11.4. The molecule has 1 saturated heterocycles. The first-order valence-electron chi connectivity index (χ1n) is 7.26. The van der Waals surface area contributed by atoms with Gasteiger partial charge in [-0.25, -0.2) is 0 Å². The van der Waals surface area contributed by atoms with Crippen molar-refractivity contribution in [1.82, 2.24) is 4.90 Å². The summed E-state index contributed by atoms with van der Waals surface area (Å²) >= 11 is 0. The van der Waals surface area contributed by atoms with Gasteiger partial charge in [0, 0.05) is 20.0 Å². The van der Waals surface area contributed by atoms with Gasteiger partial charge in [-0.15, -0.1) is 0 Å². The van der Waals surface area contributed by atoms with Gasteiger partial charge in [-0.3, -0.25) is 9.59 Å². The molecule has 1 N–H and O–H groups in total. The summed E-state index contributed by atoms with van der Waals surface area (Å²) in [4.78, 5) is 24.3. The molecular formula is C15H25NO5. The predicted molar refractivity (Wildman–Crippen MR) is 77.4 cm³/mol. The van der Waals surface area contributed by atoms with E-state index >= 15 is 0 Å². The third-order valence-corrected chi connectivity index (χ3v) is 3.77. The van der Waals surface area contributed by atoms with Crippen LogP contribution in [0.3, 0.4) is 0 Å². The van der Waals surface area contributed by atoms with E-state index in [1.807, 2.05) is 0 Å². The summed E-state index contributed by atoms with van der Waals surface area (Å²) < 4.78 is 10.4. The number of amides is 1. The molecular weight excluding hydrogens is 274 g/mol. The van der Waals surface area contributed by atoms with Crippen LogP contribution < -0.4 is 0 Å². The largest absolute Gasteiger partial charge is 0.481 e. The Kier molecular flexibility index (Phi) is 7.22. The number of aliphatic carboxylic acids is 1. The van der Waals surface area contributed by atoms with Crippen molar-refractivity contribution in [2.24, 2.45) is 11.8 Å². The van der Waals surface area contributed by atoms with Crippen LogP contribution in [-0.2, 0) is 19.1 Å². The molecule has 1 fully saturated rings. The lowest BCUT2D eigenvalue weighted by Crippen LogP contribution is -2.45. The Morgan fingerprint density at radius 2 is 2.10 bits per heavy atom. The highest BCUT2D eigenvalue weighted by Gasteiger charge is 2.34. The van der Waals surface area contributed by atoms with Crippen molar-refractivity contribution in [3.05, 3.63) is 12.3 Å². The SMILES string of the molecule is C=C(C)OCOCCCC1CCN(C(C)=O)CC1C(=O)O. The third kappa shape index (κ3) is 6.16. The summed E-state index contributed by atoms with van der Waals surface area (Å²) in [6, 6.07) is 0. The summed E-state index contributed by atoms with van der Waals surface area (Å²) in [6.45, 7) is 8.50. The fourth-order valence-electron chi connectivity index (χ4n) is 2.56. The number of allylic oxidation sites excluding steroid dienone is 1. The van der Waals surface area contributed by atoms with Crippen LogP contribution in [-0.4, -0.2) is 48.4 Å². The van der Waals surface area contributed by atoms with Gasteiger partial charge in [0.1, 0.15) is 0 Å². The molecule has 1 heterocycles. The van der Waals surface area contributed by atoms with E-state index in [9.17, 15) is 14.7 Å². The van der Waals surface area contributed by atoms with E-state index in [1.165, 1.54) is 6.92 Å². The Hall–Kier alpha value is -1.56. The van der Waals surface area contributed by atoms with Crippen LogP contribution in [0.15, 0.2) is 12.3 Å². The summed E-state index contributed by atoms with van der Waals surface area (Å²) in [5.74, 6) is -0.645. The van der Waals surface area contributed by atoms with Crippen molar-refractivity contribution >= 4 is 11.9 Å². The molecule has 0 aliphatic carbocycles. The first-order valence-corrected chi connectivity index (χ1v) is 7.26. The zero-order valence-corrected chi connectivity index (χ0v) is 12.8. The van der Waals surface area contributed by atoms with E-state index in [-0.39, 0.29) is 18.6 Å². The number of ether oxygens (including phenoxy) is 2. The molecule has 1 amide bonds. The molecule has 21 heavy (non-hydrogen) atoms. The molecule has 0 radical (unpaired) electrons. The van der Waals surface area contributed by atoms with Gasteiger partial charge in [0.05, 0.1) is 18.3 Å². The molecule has 0 aromatic heterocycles. The number of carboxylic acids is 1. The van der Waals surface area contributed by atoms with Gasteiger partial charge in [-0.2, -0.15) is 0 Å².